The van der Waals surface area contributed by atoms with E-state index in [2.05, 4.69) is 6.58 Å². The Labute approximate surface area is 95.9 Å². The monoisotopic (exact) mass is 225 g/mol. The summed E-state index contributed by atoms with van der Waals surface area (Å²) in [6, 6.07) is 0. The van der Waals surface area contributed by atoms with Gasteiger partial charge in [-0.2, -0.15) is 0 Å². The third-order valence-electron chi connectivity index (χ3n) is 2.92. The van der Waals surface area contributed by atoms with Gasteiger partial charge in [-0.3, -0.25) is 9.59 Å². The van der Waals surface area contributed by atoms with Gasteiger partial charge in [-0.05, 0) is 18.8 Å². The van der Waals surface area contributed by atoms with Crippen molar-refractivity contribution >= 4 is 11.9 Å². The Balaban J connectivity index is 2.56. The quantitative estimate of drug-likeness (QED) is 0.738. The van der Waals surface area contributed by atoms with E-state index >= 15 is 0 Å². The van der Waals surface area contributed by atoms with Crippen LogP contribution < -0.4 is 0 Å². The number of hydrogen-bond acceptors (Lipinski definition) is 2. The van der Waals surface area contributed by atoms with Crippen LogP contribution in [0.3, 0.4) is 0 Å². The van der Waals surface area contributed by atoms with Gasteiger partial charge in [-0.1, -0.05) is 13.0 Å². The predicted molar refractivity (Wildman–Crippen MR) is 60.9 cm³/mol. The molecule has 0 aliphatic carbocycles. The second-order valence-electron chi connectivity index (χ2n) is 4.50. The minimum absolute atomic E-state index is 0.0395. The molecule has 0 aromatic carbocycles. The highest BCUT2D eigenvalue weighted by Crippen LogP contribution is 2.22. The zero-order valence-electron chi connectivity index (χ0n) is 9.69. The Hall–Kier alpha value is -1.32. The summed E-state index contributed by atoms with van der Waals surface area (Å²) in [5.74, 6) is -0.898. The Kier molecular flexibility index (Phi) is 4.52. The maximum Gasteiger partial charge on any atom is 0.308 e. The van der Waals surface area contributed by atoms with E-state index in [9.17, 15) is 9.59 Å². The lowest BCUT2D eigenvalue weighted by atomic mass is 9.90. The number of amides is 1. The molecular formula is C12H19NO3. The molecule has 0 aromatic heterocycles. The van der Waals surface area contributed by atoms with Crippen molar-refractivity contribution < 1.29 is 14.7 Å². The summed E-state index contributed by atoms with van der Waals surface area (Å²) in [4.78, 5) is 24.4. The van der Waals surface area contributed by atoms with Gasteiger partial charge in [-0.15, -0.1) is 6.58 Å². The highest BCUT2D eigenvalue weighted by molar-refractivity contribution is 5.78. The van der Waals surface area contributed by atoms with Gasteiger partial charge in [-0.25, -0.2) is 0 Å². The lowest BCUT2D eigenvalue weighted by Crippen LogP contribution is -2.45. The van der Waals surface area contributed by atoms with Crippen LogP contribution in [0.4, 0.5) is 0 Å². The van der Waals surface area contributed by atoms with Crippen molar-refractivity contribution in [3.8, 4) is 0 Å². The number of carbonyl (C=O) groups is 2. The van der Waals surface area contributed by atoms with E-state index in [-0.39, 0.29) is 11.8 Å². The minimum Gasteiger partial charge on any atom is -0.481 e. The first-order valence-electron chi connectivity index (χ1n) is 5.66. The molecule has 2 unspecified atom stereocenters. The minimum atomic E-state index is -0.798. The van der Waals surface area contributed by atoms with Crippen LogP contribution in [-0.2, 0) is 9.59 Å². The Morgan fingerprint density at radius 1 is 1.50 bits per heavy atom. The molecule has 0 aromatic rings. The molecule has 1 fully saturated rings. The lowest BCUT2D eigenvalue weighted by molar-refractivity contribution is -0.146. The first-order valence-corrected chi connectivity index (χ1v) is 5.66. The second-order valence-corrected chi connectivity index (χ2v) is 4.50. The van der Waals surface area contributed by atoms with Crippen LogP contribution in [0.25, 0.3) is 0 Å². The molecule has 1 saturated heterocycles. The number of hydrogen-bond donors (Lipinski definition) is 1. The summed E-state index contributed by atoms with van der Waals surface area (Å²) < 4.78 is 0. The van der Waals surface area contributed by atoms with Crippen molar-refractivity contribution in [2.45, 2.75) is 26.2 Å². The molecule has 1 amide bonds. The summed E-state index contributed by atoms with van der Waals surface area (Å²) in [5, 5.41) is 8.98. The third-order valence-corrected chi connectivity index (χ3v) is 2.92. The summed E-state index contributed by atoms with van der Waals surface area (Å²) >= 11 is 0. The van der Waals surface area contributed by atoms with Crippen LogP contribution in [0.15, 0.2) is 12.7 Å². The number of aliphatic carboxylic acids is 1. The predicted octanol–water partition coefficient (Wildman–Crippen LogP) is 1.52. The number of allylic oxidation sites excluding steroid dienone is 1. The molecule has 4 heteroatoms. The van der Waals surface area contributed by atoms with Crippen molar-refractivity contribution in [2.75, 3.05) is 13.1 Å². The third kappa shape index (κ3) is 3.36. The van der Waals surface area contributed by atoms with Crippen molar-refractivity contribution in [2.24, 2.45) is 11.8 Å². The van der Waals surface area contributed by atoms with Crippen molar-refractivity contribution in [3.63, 3.8) is 0 Å². The van der Waals surface area contributed by atoms with Crippen LogP contribution in [0.5, 0.6) is 0 Å². The molecular weight excluding hydrogens is 206 g/mol. The van der Waals surface area contributed by atoms with Crippen LogP contribution in [-0.4, -0.2) is 35.0 Å². The maximum absolute atomic E-state index is 11.8. The second kappa shape index (κ2) is 5.68. The molecule has 1 aliphatic rings. The molecule has 0 saturated carbocycles. The Bertz CT molecular complexity index is 288. The molecule has 16 heavy (non-hydrogen) atoms. The van der Waals surface area contributed by atoms with Gasteiger partial charge >= 0.3 is 5.97 Å². The zero-order valence-corrected chi connectivity index (χ0v) is 9.69. The van der Waals surface area contributed by atoms with E-state index in [0.717, 1.165) is 0 Å². The fourth-order valence-electron chi connectivity index (χ4n) is 2.12. The normalized spacial score (nSPS) is 25.2. The van der Waals surface area contributed by atoms with E-state index in [4.69, 9.17) is 5.11 Å². The molecule has 1 aliphatic heterocycles. The first kappa shape index (κ1) is 12.7. The number of piperidine rings is 1. The summed E-state index contributed by atoms with van der Waals surface area (Å²) in [6.07, 6.45) is 3.46. The number of carbonyl (C=O) groups excluding carboxylic acids is 1. The van der Waals surface area contributed by atoms with Gasteiger partial charge < -0.3 is 10.0 Å². The molecule has 0 bridgehead atoms. The van der Waals surface area contributed by atoms with Crippen LogP contribution >= 0.6 is 0 Å². The summed E-state index contributed by atoms with van der Waals surface area (Å²) in [7, 11) is 0. The molecule has 1 heterocycles. The Morgan fingerprint density at radius 3 is 2.75 bits per heavy atom. The SMILES string of the molecule is C=CCCC(=O)N1CC(C)CC(C(=O)O)C1. The van der Waals surface area contributed by atoms with Gasteiger partial charge in [0, 0.05) is 19.5 Å². The fourth-order valence-corrected chi connectivity index (χ4v) is 2.12. The van der Waals surface area contributed by atoms with Crippen molar-refractivity contribution in [1.82, 2.24) is 4.90 Å². The zero-order chi connectivity index (χ0) is 12.1. The van der Waals surface area contributed by atoms with E-state index in [1.807, 2.05) is 6.92 Å². The standard InChI is InChI=1S/C12H19NO3/c1-3-4-5-11(14)13-7-9(2)6-10(8-13)12(15)16/h3,9-10H,1,4-8H2,2H3,(H,15,16). The van der Waals surface area contributed by atoms with Crippen LogP contribution in [0.2, 0.25) is 0 Å². The summed E-state index contributed by atoms with van der Waals surface area (Å²) in [6.45, 7) is 6.60. The maximum atomic E-state index is 11.8. The van der Waals surface area contributed by atoms with E-state index in [1.54, 1.807) is 11.0 Å². The number of carboxylic acids is 1. The number of likely N-dealkylation sites (tertiary alicyclic amines) is 1. The topological polar surface area (TPSA) is 57.6 Å². The molecule has 2 atom stereocenters. The van der Waals surface area contributed by atoms with Gasteiger partial charge in [0.2, 0.25) is 5.91 Å². The molecule has 0 radical (unpaired) electrons. The molecule has 4 nitrogen and oxygen atoms in total. The number of rotatable bonds is 4. The van der Waals surface area contributed by atoms with E-state index < -0.39 is 11.9 Å². The highest BCUT2D eigenvalue weighted by atomic mass is 16.4. The fraction of sp³-hybridized carbons (Fsp3) is 0.667. The molecule has 90 valence electrons. The molecule has 0 spiro atoms. The van der Waals surface area contributed by atoms with Gasteiger partial charge in [0.15, 0.2) is 0 Å². The van der Waals surface area contributed by atoms with Crippen LogP contribution in [0.1, 0.15) is 26.2 Å². The smallest absolute Gasteiger partial charge is 0.308 e. The van der Waals surface area contributed by atoms with Crippen molar-refractivity contribution in [1.29, 1.82) is 0 Å². The number of nitrogens with zero attached hydrogens (tertiary/aromatic N) is 1. The van der Waals surface area contributed by atoms with Crippen molar-refractivity contribution in [3.05, 3.63) is 12.7 Å². The molecule has 1 N–H and O–H groups in total. The van der Waals surface area contributed by atoms with Gasteiger partial charge in [0.1, 0.15) is 0 Å². The summed E-state index contributed by atoms with van der Waals surface area (Å²) in [5.41, 5.74) is 0. The average Bonchev–Trinajstić information content (AvgIpc) is 2.24. The van der Waals surface area contributed by atoms with E-state index in [1.165, 1.54) is 0 Å². The molecule has 1 rings (SSSR count). The van der Waals surface area contributed by atoms with Gasteiger partial charge in [0.05, 0.1) is 5.92 Å². The van der Waals surface area contributed by atoms with Gasteiger partial charge in [0.25, 0.3) is 0 Å². The Morgan fingerprint density at radius 2 is 2.19 bits per heavy atom. The average molecular weight is 225 g/mol. The van der Waals surface area contributed by atoms with E-state index in [0.29, 0.717) is 32.4 Å². The van der Waals surface area contributed by atoms with Crippen LogP contribution in [0, 0.1) is 11.8 Å². The largest absolute Gasteiger partial charge is 0.481 e. The first-order chi connectivity index (χ1) is 7.54. The highest BCUT2D eigenvalue weighted by Gasteiger charge is 2.31. The lowest BCUT2D eigenvalue weighted by Gasteiger charge is -2.34. The number of carboxylic acid groups (broad SMARTS) is 1.